The Labute approximate surface area is 209 Å². The third-order valence-electron chi connectivity index (χ3n) is 6.91. The number of aromatic nitrogens is 1. The van der Waals surface area contributed by atoms with Crippen LogP contribution in [0.1, 0.15) is 48.3 Å². The van der Waals surface area contributed by atoms with Gasteiger partial charge in [0.2, 0.25) is 5.88 Å². The van der Waals surface area contributed by atoms with Gasteiger partial charge in [-0.2, -0.15) is 0 Å². The minimum atomic E-state index is 0.602. The number of pyridine rings is 1. The zero-order valence-corrected chi connectivity index (χ0v) is 20.7. The Bertz CT molecular complexity index is 1240. The quantitative estimate of drug-likeness (QED) is 0.329. The van der Waals surface area contributed by atoms with Gasteiger partial charge in [0.05, 0.1) is 17.9 Å². The molecule has 0 unspecified atom stereocenters. The molecule has 0 bridgehead atoms. The highest BCUT2D eigenvalue weighted by Gasteiger charge is 2.27. The van der Waals surface area contributed by atoms with Crippen molar-refractivity contribution >= 4 is 11.3 Å². The molecule has 3 aliphatic rings. The van der Waals surface area contributed by atoms with Gasteiger partial charge < -0.3 is 14.5 Å². The van der Waals surface area contributed by atoms with Crippen molar-refractivity contribution in [3.05, 3.63) is 95.5 Å². The molecule has 2 fully saturated rings. The number of likely N-dealkylation sites (N-methyl/N-ethyl adjacent to an activating group) is 1. The summed E-state index contributed by atoms with van der Waals surface area (Å²) < 4.78 is 5.84. The van der Waals surface area contributed by atoms with E-state index in [0.717, 1.165) is 46.7 Å². The molecule has 2 aliphatic carbocycles. The van der Waals surface area contributed by atoms with Crippen molar-refractivity contribution in [2.45, 2.75) is 31.6 Å². The van der Waals surface area contributed by atoms with Crippen LogP contribution < -0.4 is 9.64 Å². The van der Waals surface area contributed by atoms with Gasteiger partial charge in [0.15, 0.2) is 0 Å². The number of allylic oxidation sites excluding steroid dienone is 4. The van der Waals surface area contributed by atoms with Crippen molar-refractivity contribution in [2.24, 2.45) is 5.92 Å². The molecular weight excluding hydrogens is 430 g/mol. The van der Waals surface area contributed by atoms with E-state index in [2.05, 4.69) is 84.1 Å². The van der Waals surface area contributed by atoms with E-state index in [1.54, 1.807) is 0 Å². The smallest absolute Gasteiger partial charge is 0.213 e. The molecule has 35 heavy (non-hydrogen) atoms. The Balaban J connectivity index is 1.43. The van der Waals surface area contributed by atoms with Crippen LogP contribution in [0, 0.1) is 18.3 Å². The van der Waals surface area contributed by atoms with Crippen molar-refractivity contribution in [2.75, 3.05) is 32.1 Å². The molecule has 0 saturated heterocycles. The second-order valence-electron chi connectivity index (χ2n) is 9.80. The Kier molecular flexibility index (Phi) is 6.51. The van der Waals surface area contributed by atoms with Gasteiger partial charge in [0, 0.05) is 56.4 Å². The number of ether oxygens (including phenoxy) is 1. The van der Waals surface area contributed by atoms with Crippen LogP contribution in [0.5, 0.6) is 5.88 Å². The topological polar surface area (TPSA) is 28.6 Å². The van der Waals surface area contributed by atoms with Crippen molar-refractivity contribution in [1.82, 2.24) is 9.88 Å². The van der Waals surface area contributed by atoms with E-state index < -0.39 is 0 Å². The van der Waals surface area contributed by atoms with E-state index in [4.69, 9.17) is 11.2 Å². The Morgan fingerprint density at radius 2 is 2.09 bits per heavy atom. The number of terminal acetylenes is 1. The van der Waals surface area contributed by atoms with Gasteiger partial charge in [-0.05, 0) is 66.4 Å². The van der Waals surface area contributed by atoms with Gasteiger partial charge in [0.1, 0.15) is 0 Å². The zero-order valence-electron chi connectivity index (χ0n) is 20.7. The molecular formula is C31H33N3O. The minimum absolute atomic E-state index is 0.602. The highest BCUT2D eigenvalue weighted by molar-refractivity contribution is 5.85. The van der Waals surface area contributed by atoms with Crippen molar-refractivity contribution in [1.29, 1.82) is 0 Å². The predicted molar refractivity (Wildman–Crippen MR) is 144 cm³/mol. The molecule has 2 aromatic rings. The van der Waals surface area contributed by atoms with Crippen LogP contribution in [0.15, 0.2) is 78.8 Å². The fraction of sp³-hybridized carbons (Fsp3) is 0.323. The maximum absolute atomic E-state index is 5.97. The lowest BCUT2D eigenvalue weighted by molar-refractivity contribution is 0.288. The highest BCUT2D eigenvalue weighted by atomic mass is 16.5. The van der Waals surface area contributed by atoms with Crippen LogP contribution in [0.4, 0.5) is 5.69 Å². The van der Waals surface area contributed by atoms with Crippen molar-refractivity contribution in [3.8, 4) is 18.2 Å². The van der Waals surface area contributed by atoms with E-state index in [9.17, 15) is 0 Å². The minimum Gasteiger partial charge on any atom is -0.477 e. The summed E-state index contributed by atoms with van der Waals surface area (Å²) in [4.78, 5) is 8.87. The van der Waals surface area contributed by atoms with E-state index in [1.807, 2.05) is 18.3 Å². The third kappa shape index (κ3) is 5.20. The highest BCUT2D eigenvalue weighted by Crippen LogP contribution is 2.43. The summed E-state index contributed by atoms with van der Waals surface area (Å²) in [6.45, 7) is 5.74. The molecule has 2 heterocycles. The average molecular weight is 464 g/mol. The van der Waals surface area contributed by atoms with Gasteiger partial charge >= 0.3 is 0 Å². The van der Waals surface area contributed by atoms with Gasteiger partial charge in [0.25, 0.3) is 0 Å². The molecule has 0 amide bonds. The molecule has 0 spiro atoms. The number of nitrogens with zero attached hydrogens (tertiary/aromatic N) is 3. The lowest BCUT2D eigenvalue weighted by atomic mass is 9.91. The summed E-state index contributed by atoms with van der Waals surface area (Å²) in [7, 11) is 4.14. The molecule has 2 saturated carbocycles. The summed E-state index contributed by atoms with van der Waals surface area (Å²) >= 11 is 0. The van der Waals surface area contributed by atoms with Crippen LogP contribution in [0.25, 0.3) is 5.57 Å². The van der Waals surface area contributed by atoms with Crippen LogP contribution >= 0.6 is 0 Å². The zero-order chi connectivity index (χ0) is 24.4. The number of hydrogen-bond acceptors (Lipinski definition) is 4. The molecule has 4 nitrogen and oxygen atoms in total. The fourth-order valence-corrected chi connectivity index (χ4v) is 4.56. The van der Waals surface area contributed by atoms with Gasteiger partial charge in [-0.15, -0.1) is 6.42 Å². The maximum atomic E-state index is 5.97. The molecule has 178 valence electrons. The van der Waals surface area contributed by atoms with E-state index >= 15 is 0 Å². The normalized spacial score (nSPS) is 17.9. The first kappa shape index (κ1) is 23.1. The monoisotopic (exact) mass is 463 g/mol. The molecule has 0 N–H and O–H groups in total. The van der Waals surface area contributed by atoms with Crippen LogP contribution in [0.2, 0.25) is 0 Å². The maximum Gasteiger partial charge on any atom is 0.213 e. The summed E-state index contributed by atoms with van der Waals surface area (Å²) in [6.07, 6.45) is 21.3. The first-order chi connectivity index (χ1) is 17.1. The number of benzene rings is 1. The van der Waals surface area contributed by atoms with Crippen LogP contribution in [0.3, 0.4) is 0 Å². The van der Waals surface area contributed by atoms with E-state index in [0.29, 0.717) is 17.7 Å². The van der Waals surface area contributed by atoms with Crippen molar-refractivity contribution in [3.63, 3.8) is 0 Å². The van der Waals surface area contributed by atoms with E-state index in [1.165, 1.54) is 31.2 Å². The van der Waals surface area contributed by atoms with Crippen molar-refractivity contribution < 1.29 is 4.74 Å². The standard InChI is InChI=1S/C31H33N3O/c1-5-23(19-34(4)30-9-7-8-27(24-12-13-24)26(30)6-2)29-20-33(3)17-16-28(29)25-14-15-31(32-18-25)35-21-22-10-11-22/h2,5,7-9,14-16,18-20,22,24H,1,10-13,17,21H2,3-4H3/b23-19+. The SMILES string of the molecule is C#Cc1c(C2CC2)cccc1N(C)/C=C(\C=C)C1=CN(C)CC=C1c1ccc(OCC2CC2)nc1. The number of hydrogen-bond donors (Lipinski definition) is 0. The van der Waals surface area contributed by atoms with Gasteiger partial charge in [-0.1, -0.05) is 36.8 Å². The predicted octanol–water partition coefficient (Wildman–Crippen LogP) is 6.15. The molecule has 4 heteroatoms. The van der Waals surface area contributed by atoms with Crippen LogP contribution in [-0.2, 0) is 0 Å². The summed E-state index contributed by atoms with van der Waals surface area (Å²) in [5.41, 5.74) is 7.68. The second-order valence-corrected chi connectivity index (χ2v) is 9.80. The fourth-order valence-electron chi connectivity index (χ4n) is 4.56. The average Bonchev–Trinajstić information content (AvgIpc) is 3.80. The molecule has 0 radical (unpaired) electrons. The Morgan fingerprint density at radius 3 is 2.74 bits per heavy atom. The number of anilines is 1. The third-order valence-corrected chi connectivity index (χ3v) is 6.91. The molecule has 1 aliphatic heterocycles. The number of rotatable bonds is 9. The molecule has 5 rings (SSSR count). The Morgan fingerprint density at radius 1 is 1.26 bits per heavy atom. The lowest BCUT2D eigenvalue weighted by Crippen LogP contribution is -2.18. The summed E-state index contributed by atoms with van der Waals surface area (Å²) in [5, 5.41) is 0. The summed E-state index contributed by atoms with van der Waals surface area (Å²) in [6, 6.07) is 10.5. The van der Waals surface area contributed by atoms with Crippen LogP contribution in [-0.4, -0.2) is 37.1 Å². The summed E-state index contributed by atoms with van der Waals surface area (Å²) in [5.74, 6) is 4.96. The molecule has 0 atom stereocenters. The van der Waals surface area contributed by atoms with Gasteiger partial charge in [-0.3, -0.25) is 0 Å². The first-order valence-electron chi connectivity index (χ1n) is 12.5. The van der Waals surface area contributed by atoms with Gasteiger partial charge in [-0.25, -0.2) is 4.98 Å². The molecule has 1 aromatic carbocycles. The largest absolute Gasteiger partial charge is 0.477 e. The molecule has 1 aromatic heterocycles. The van der Waals surface area contributed by atoms with E-state index in [-0.39, 0.29) is 0 Å². The lowest BCUT2D eigenvalue weighted by Gasteiger charge is -2.26. The Hall–Kier alpha value is -3.71. The first-order valence-corrected chi connectivity index (χ1v) is 12.5. The second kappa shape index (κ2) is 9.88.